The van der Waals surface area contributed by atoms with Crippen LogP contribution in [0.1, 0.15) is 80.1 Å². The predicted molar refractivity (Wildman–Crippen MR) is 121 cm³/mol. The molecule has 5 heteroatoms. The molecule has 2 atom stereocenters. The molecule has 2 unspecified atom stereocenters. The Morgan fingerprint density at radius 3 is 1.79 bits per heavy atom. The molecule has 0 rings (SSSR count). The molecule has 0 spiro atoms. The molecule has 28 heavy (non-hydrogen) atoms. The van der Waals surface area contributed by atoms with Crippen molar-refractivity contribution in [1.29, 1.82) is 0 Å². The van der Waals surface area contributed by atoms with Crippen molar-refractivity contribution < 1.29 is 13.9 Å². The normalized spacial score (nSPS) is 14.1. The zero-order valence-electron chi connectivity index (χ0n) is 18.6. The average molecular weight is 409 g/mol. The van der Waals surface area contributed by atoms with Crippen molar-refractivity contribution >= 4 is 14.6 Å². The van der Waals surface area contributed by atoms with E-state index in [0.29, 0.717) is 6.54 Å². The molecule has 0 saturated carbocycles. The van der Waals surface area contributed by atoms with Crippen molar-refractivity contribution in [2.75, 3.05) is 6.54 Å². The smallest absolute Gasteiger partial charge is 0.350 e. The summed E-state index contributed by atoms with van der Waals surface area (Å²) in [6.45, 7) is 12.8. The molecular weight excluding hydrogens is 369 g/mol. The third kappa shape index (κ3) is 15.5. The van der Waals surface area contributed by atoms with E-state index in [1.807, 2.05) is 6.08 Å². The fourth-order valence-electron chi connectivity index (χ4n) is 2.58. The van der Waals surface area contributed by atoms with E-state index in [1.165, 1.54) is 22.3 Å². The summed E-state index contributed by atoms with van der Waals surface area (Å²) in [7, 11) is -0.913. The van der Waals surface area contributed by atoms with Crippen LogP contribution in [0.5, 0.6) is 0 Å². The molecular formula is C23H39NO3P+. The maximum Gasteiger partial charge on any atom is 0.494 e. The van der Waals surface area contributed by atoms with E-state index < -0.39 is 14.8 Å². The number of hydrogen-bond donors (Lipinski definition) is 1. The lowest BCUT2D eigenvalue weighted by Crippen LogP contribution is -2.33. The van der Waals surface area contributed by atoms with Crippen molar-refractivity contribution in [3.05, 3.63) is 46.6 Å². The number of rotatable bonds is 14. The van der Waals surface area contributed by atoms with Gasteiger partial charge >= 0.3 is 8.69 Å². The van der Waals surface area contributed by atoms with Crippen molar-refractivity contribution in [2.24, 2.45) is 0 Å². The zero-order chi connectivity index (χ0) is 21.4. The fraction of sp³-hybridized carbons (Fsp3) is 0.609. The van der Waals surface area contributed by atoms with Crippen molar-refractivity contribution in [2.45, 2.75) is 86.2 Å². The number of amides is 1. The Kier molecular flexibility index (Phi) is 15.6. The number of carbonyl (C=O) groups is 1. The minimum absolute atomic E-state index is 0.243. The lowest BCUT2D eigenvalue weighted by Gasteiger charge is -2.05. The van der Waals surface area contributed by atoms with Crippen LogP contribution in [0.3, 0.4) is 0 Å². The van der Waals surface area contributed by atoms with Crippen LogP contribution in [-0.2, 0) is 13.9 Å². The van der Waals surface area contributed by atoms with Gasteiger partial charge in [-0.05, 0) is 84.6 Å². The number of hydrogen-bond acceptors (Lipinski definition) is 3. The maximum atomic E-state index is 11.6. The Hall–Kier alpha value is -1.51. The molecule has 4 nitrogen and oxygen atoms in total. The Bertz CT molecular complexity index is 599. The second-order valence-corrected chi connectivity index (χ2v) is 8.04. The topological polar surface area (TPSA) is 55.4 Å². The molecule has 1 amide bonds. The molecule has 0 heterocycles. The zero-order valence-corrected chi connectivity index (χ0v) is 19.6. The van der Waals surface area contributed by atoms with Gasteiger partial charge in [0.1, 0.15) is 0 Å². The highest BCUT2D eigenvalue weighted by molar-refractivity contribution is 7.17. The minimum atomic E-state index is -0.913. The minimum Gasteiger partial charge on any atom is -0.350 e. The van der Waals surface area contributed by atoms with Crippen molar-refractivity contribution in [3.63, 3.8) is 0 Å². The first-order valence-electron chi connectivity index (χ1n) is 10.2. The first-order chi connectivity index (χ1) is 13.3. The van der Waals surface area contributed by atoms with E-state index in [-0.39, 0.29) is 5.91 Å². The van der Waals surface area contributed by atoms with Crippen LogP contribution in [0.15, 0.2) is 46.6 Å². The molecule has 0 bridgehead atoms. The van der Waals surface area contributed by atoms with Gasteiger partial charge in [0.25, 0.3) is 5.91 Å². The SMILES string of the molecule is CC(C)=CCCC(C)=CCCC(C)=CCCC(C)=CCNC(=O)C(C)O[PH+]=O. The molecule has 1 N–H and O–H groups in total. The predicted octanol–water partition coefficient (Wildman–Crippen LogP) is 6.59. The molecule has 0 aromatic rings. The second kappa shape index (κ2) is 16.4. The molecule has 158 valence electrons. The summed E-state index contributed by atoms with van der Waals surface area (Å²) in [5.41, 5.74) is 5.54. The highest BCUT2D eigenvalue weighted by Gasteiger charge is 2.16. The first kappa shape index (κ1) is 26.5. The van der Waals surface area contributed by atoms with Gasteiger partial charge in [-0.1, -0.05) is 46.6 Å². The monoisotopic (exact) mass is 408 g/mol. The van der Waals surface area contributed by atoms with Crippen LogP contribution < -0.4 is 5.32 Å². The third-order valence-corrected chi connectivity index (χ3v) is 4.92. The van der Waals surface area contributed by atoms with E-state index in [2.05, 4.69) is 58.2 Å². The van der Waals surface area contributed by atoms with Crippen LogP contribution in [0.4, 0.5) is 0 Å². The van der Waals surface area contributed by atoms with Gasteiger partial charge in [-0.15, -0.1) is 4.52 Å². The standard InChI is InChI=1S/C23H38NO3P/c1-18(2)10-7-11-19(3)12-8-13-20(4)14-9-15-21(5)16-17-24-23(25)22(6)27-28-26/h10,12,14,16,22,28H,7-9,11,13,15,17H2,1-6H3/p+1. The Morgan fingerprint density at radius 2 is 1.32 bits per heavy atom. The third-order valence-electron chi connectivity index (χ3n) is 4.48. The van der Waals surface area contributed by atoms with Crippen LogP contribution in [0, 0.1) is 0 Å². The average Bonchev–Trinajstić information content (AvgIpc) is 2.61. The quantitative estimate of drug-likeness (QED) is 0.260. The summed E-state index contributed by atoms with van der Waals surface area (Å²) in [5.74, 6) is -0.243. The van der Waals surface area contributed by atoms with Gasteiger partial charge in [-0.25, -0.2) is 0 Å². The fourth-order valence-corrected chi connectivity index (χ4v) is 2.83. The van der Waals surface area contributed by atoms with Crippen molar-refractivity contribution in [3.8, 4) is 0 Å². The van der Waals surface area contributed by atoms with Gasteiger partial charge in [0.2, 0.25) is 0 Å². The van der Waals surface area contributed by atoms with Gasteiger partial charge in [0.15, 0.2) is 6.10 Å². The van der Waals surface area contributed by atoms with E-state index in [0.717, 1.165) is 38.5 Å². The summed E-state index contributed by atoms with van der Waals surface area (Å²) in [6.07, 6.45) is 14.8. The number of allylic oxidation sites excluding steroid dienone is 7. The van der Waals surface area contributed by atoms with Gasteiger partial charge in [-0.2, -0.15) is 0 Å². The van der Waals surface area contributed by atoms with Crippen LogP contribution in [0.25, 0.3) is 0 Å². The highest BCUT2D eigenvalue weighted by atomic mass is 31.1. The summed E-state index contributed by atoms with van der Waals surface area (Å²) < 4.78 is 15.1. The van der Waals surface area contributed by atoms with Crippen LogP contribution in [-0.4, -0.2) is 18.6 Å². The number of carbonyl (C=O) groups excluding carboxylic acids is 1. The van der Waals surface area contributed by atoms with Gasteiger partial charge < -0.3 is 5.32 Å². The molecule has 0 radical (unpaired) electrons. The van der Waals surface area contributed by atoms with E-state index in [9.17, 15) is 9.36 Å². The molecule has 0 aromatic heterocycles. The lowest BCUT2D eigenvalue weighted by molar-refractivity contribution is -0.126. The number of nitrogens with one attached hydrogen (secondary N) is 1. The van der Waals surface area contributed by atoms with Crippen molar-refractivity contribution in [1.82, 2.24) is 5.32 Å². The lowest BCUT2D eigenvalue weighted by atomic mass is 10.0. The summed E-state index contributed by atoms with van der Waals surface area (Å²) in [4.78, 5) is 11.6. The summed E-state index contributed by atoms with van der Waals surface area (Å²) in [5, 5.41) is 2.76. The molecule has 0 aliphatic carbocycles. The Morgan fingerprint density at radius 1 is 0.857 bits per heavy atom. The van der Waals surface area contributed by atoms with Gasteiger partial charge in [-0.3, -0.25) is 4.79 Å². The Labute approximate surface area is 173 Å². The molecule has 0 aromatic carbocycles. The van der Waals surface area contributed by atoms with E-state index in [4.69, 9.17) is 4.52 Å². The maximum absolute atomic E-state index is 11.6. The Balaban J connectivity index is 4.07. The molecule has 0 aliphatic rings. The van der Waals surface area contributed by atoms with Crippen LogP contribution >= 0.6 is 8.69 Å². The summed E-state index contributed by atoms with van der Waals surface area (Å²) in [6, 6.07) is 0. The van der Waals surface area contributed by atoms with Gasteiger partial charge in [0, 0.05) is 6.54 Å². The molecule has 0 saturated heterocycles. The van der Waals surface area contributed by atoms with E-state index in [1.54, 1.807) is 6.92 Å². The van der Waals surface area contributed by atoms with Crippen LogP contribution in [0.2, 0.25) is 0 Å². The molecule has 0 aliphatic heterocycles. The molecule has 0 fully saturated rings. The summed E-state index contributed by atoms with van der Waals surface area (Å²) >= 11 is 0. The van der Waals surface area contributed by atoms with Gasteiger partial charge in [0.05, 0.1) is 0 Å². The van der Waals surface area contributed by atoms with E-state index >= 15 is 0 Å². The highest BCUT2D eigenvalue weighted by Crippen LogP contribution is 2.13. The first-order valence-corrected chi connectivity index (χ1v) is 11.0. The largest absolute Gasteiger partial charge is 0.494 e. The second-order valence-electron chi connectivity index (χ2n) is 7.64.